The van der Waals surface area contributed by atoms with E-state index in [2.05, 4.69) is 22.4 Å². The Balaban J connectivity index is 1.46. The summed E-state index contributed by atoms with van der Waals surface area (Å²) >= 11 is 1.75. The van der Waals surface area contributed by atoms with Crippen LogP contribution in [0.2, 0.25) is 0 Å². The minimum Gasteiger partial charge on any atom is -0.376 e. The molecule has 2 heterocycles. The Morgan fingerprint density at radius 3 is 2.91 bits per heavy atom. The van der Waals surface area contributed by atoms with Crippen molar-refractivity contribution in [1.82, 2.24) is 4.90 Å². The molecule has 0 aromatic carbocycles. The molecule has 4 unspecified atom stereocenters. The maximum atomic E-state index is 13.1. The van der Waals surface area contributed by atoms with Crippen LogP contribution in [0.4, 0.5) is 0 Å². The van der Waals surface area contributed by atoms with Gasteiger partial charge >= 0.3 is 0 Å². The smallest absolute Gasteiger partial charge is 0.226 e. The van der Waals surface area contributed by atoms with Crippen molar-refractivity contribution in [3.05, 3.63) is 22.4 Å². The van der Waals surface area contributed by atoms with Crippen LogP contribution in [-0.2, 0) is 16.1 Å². The Kier molecular flexibility index (Phi) is 4.23. The third-order valence-electron chi connectivity index (χ3n) is 5.74. The highest BCUT2D eigenvalue weighted by Gasteiger charge is 2.44. The van der Waals surface area contributed by atoms with Crippen molar-refractivity contribution >= 4 is 17.2 Å². The van der Waals surface area contributed by atoms with Crippen molar-refractivity contribution < 1.29 is 9.53 Å². The summed E-state index contributed by atoms with van der Waals surface area (Å²) in [5, 5.41) is 2.10. The highest BCUT2D eigenvalue weighted by molar-refractivity contribution is 7.09. The van der Waals surface area contributed by atoms with E-state index in [1.807, 2.05) is 0 Å². The van der Waals surface area contributed by atoms with E-state index >= 15 is 0 Å². The third-order valence-corrected chi connectivity index (χ3v) is 6.60. The van der Waals surface area contributed by atoms with E-state index in [1.165, 1.54) is 24.1 Å². The number of fused-ring (bicyclic) bond motifs is 2. The molecule has 4 heteroatoms. The average Bonchev–Trinajstić information content (AvgIpc) is 3.30. The standard InChI is InChI=1S/C18H25NO2S/c20-18(17-10-13-5-6-14(17)9-13)19(11-15-3-1-7-21-15)12-16-4-2-8-22-16/h2,4,8,13-15,17H,1,3,5-7,9-12H2. The Hall–Kier alpha value is -0.870. The van der Waals surface area contributed by atoms with Crippen LogP contribution in [0, 0.1) is 17.8 Å². The number of thiophene rings is 1. The molecule has 4 rings (SSSR count). The summed E-state index contributed by atoms with van der Waals surface area (Å²) in [6, 6.07) is 4.22. The maximum Gasteiger partial charge on any atom is 0.226 e. The SMILES string of the molecule is O=C(C1CC2CCC1C2)N(Cc1cccs1)CC1CCCO1. The molecule has 1 aromatic heterocycles. The summed E-state index contributed by atoms with van der Waals surface area (Å²) in [6.45, 7) is 2.41. The molecule has 3 nitrogen and oxygen atoms in total. The van der Waals surface area contributed by atoms with Crippen LogP contribution in [0.5, 0.6) is 0 Å². The van der Waals surface area contributed by atoms with Gasteiger partial charge < -0.3 is 9.64 Å². The van der Waals surface area contributed by atoms with E-state index in [4.69, 9.17) is 4.74 Å². The number of rotatable bonds is 5. The van der Waals surface area contributed by atoms with Crippen LogP contribution in [0.15, 0.2) is 17.5 Å². The molecule has 1 aromatic rings. The molecule has 22 heavy (non-hydrogen) atoms. The first-order valence-corrected chi connectivity index (χ1v) is 9.60. The van der Waals surface area contributed by atoms with E-state index in [0.717, 1.165) is 44.9 Å². The molecular formula is C18H25NO2S. The number of carbonyl (C=O) groups excluding carboxylic acids is 1. The molecule has 1 amide bonds. The van der Waals surface area contributed by atoms with E-state index in [9.17, 15) is 4.79 Å². The Labute approximate surface area is 136 Å². The Bertz CT molecular complexity index is 509. The zero-order valence-electron chi connectivity index (χ0n) is 13.1. The van der Waals surface area contributed by atoms with E-state index in [1.54, 1.807) is 11.3 Å². The van der Waals surface area contributed by atoms with E-state index in [0.29, 0.717) is 17.7 Å². The number of nitrogens with zero attached hydrogens (tertiary/aromatic N) is 1. The summed E-state index contributed by atoms with van der Waals surface area (Å²) in [7, 11) is 0. The van der Waals surface area contributed by atoms with Gasteiger partial charge in [0, 0.05) is 23.9 Å². The topological polar surface area (TPSA) is 29.5 Å². The molecule has 4 atom stereocenters. The fraction of sp³-hybridized carbons (Fsp3) is 0.722. The van der Waals surface area contributed by atoms with Crippen LogP contribution >= 0.6 is 11.3 Å². The molecular weight excluding hydrogens is 294 g/mol. The first-order valence-electron chi connectivity index (χ1n) is 8.72. The van der Waals surface area contributed by atoms with Crippen molar-refractivity contribution in [3.63, 3.8) is 0 Å². The van der Waals surface area contributed by atoms with Gasteiger partial charge in [-0.15, -0.1) is 11.3 Å². The second-order valence-corrected chi connectivity index (χ2v) is 8.25. The quantitative estimate of drug-likeness (QED) is 0.828. The zero-order chi connectivity index (χ0) is 14.9. The van der Waals surface area contributed by atoms with Gasteiger partial charge in [0.25, 0.3) is 0 Å². The normalized spacial score (nSPS) is 33.5. The number of carbonyl (C=O) groups is 1. The van der Waals surface area contributed by atoms with Gasteiger partial charge in [-0.05, 0) is 55.4 Å². The van der Waals surface area contributed by atoms with E-state index < -0.39 is 0 Å². The highest BCUT2D eigenvalue weighted by atomic mass is 32.1. The van der Waals surface area contributed by atoms with Gasteiger partial charge in [0.2, 0.25) is 5.91 Å². The lowest BCUT2D eigenvalue weighted by molar-refractivity contribution is -0.139. The first-order chi connectivity index (χ1) is 10.8. The van der Waals surface area contributed by atoms with Gasteiger partial charge in [0.05, 0.1) is 12.6 Å². The summed E-state index contributed by atoms with van der Waals surface area (Å²) in [4.78, 5) is 16.5. The van der Waals surface area contributed by atoms with Crippen LogP contribution in [0.1, 0.15) is 43.4 Å². The predicted molar refractivity (Wildman–Crippen MR) is 87.6 cm³/mol. The van der Waals surface area contributed by atoms with Crippen LogP contribution < -0.4 is 0 Å². The molecule has 0 N–H and O–H groups in total. The summed E-state index contributed by atoms with van der Waals surface area (Å²) < 4.78 is 5.79. The summed E-state index contributed by atoms with van der Waals surface area (Å²) in [5.41, 5.74) is 0. The second-order valence-electron chi connectivity index (χ2n) is 7.21. The Morgan fingerprint density at radius 1 is 1.32 bits per heavy atom. The zero-order valence-corrected chi connectivity index (χ0v) is 13.9. The van der Waals surface area contributed by atoms with Gasteiger partial charge in [-0.2, -0.15) is 0 Å². The van der Waals surface area contributed by atoms with Gasteiger partial charge in [0.1, 0.15) is 0 Å². The predicted octanol–water partition coefficient (Wildman–Crippen LogP) is 3.69. The fourth-order valence-corrected chi connectivity index (χ4v) is 5.36. The third kappa shape index (κ3) is 2.95. The molecule has 3 aliphatic rings. The Morgan fingerprint density at radius 2 is 2.27 bits per heavy atom. The summed E-state index contributed by atoms with van der Waals surface area (Å²) in [6.07, 6.45) is 7.55. The molecule has 3 fully saturated rings. The van der Waals surface area contributed by atoms with Gasteiger partial charge in [-0.25, -0.2) is 0 Å². The van der Waals surface area contributed by atoms with Crippen molar-refractivity contribution in [2.45, 2.75) is 51.2 Å². The fourth-order valence-electron chi connectivity index (χ4n) is 4.64. The van der Waals surface area contributed by atoms with Crippen molar-refractivity contribution in [1.29, 1.82) is 0 Å². The second kappa shape index (κ2) is 6.32. The van der Waals surface area contributed by atoms with Crippen LogP contribution in [0.25, 0.3) is 0 Å². The van der Waals surface area contributed by atoms with E-state index in [-0.39, 0.29) is 6.10 Å². The van der Waals surface area contributed by atoms with Crippen LogP contribution in [-0.4, -0.2) is 30.1 Å². The van der Waals surface area contributed by atoms with Crippen LogP contribution in [0.3, 0.4) is 0 Å². The number of ether oxygens (including phenoxy) is 1. The number of hydrogen-bond acceptors (Lipinski definition) is 3. The molecule has 2 bridgehead atoms. The van der Waals surface area contributed by atoms with Crippen molar-refractivity contribution in [3.8, 4) is 0 Å². The molecule has 1 aliphatic heterocycles. The molecule has 2 saturated carbocycles. The molecule has 1 saturated heterocycles. The first kappa shape index (κ1) is 14.7. The largest absolute Gasteiger partial charge is 0.376 e. The molecule has 120 valence electrons. The highest BCUT2D eigenvalue weighted by Crippen LogP contribution is 2.49. The van der Waals surface area contributed by atoms with Crippen molar-refractivity contribution in [2.75, 3.05) is 13.2 Å². The molecule has 0 spiro atoms. The lowest BCUT2D eigenvalue weighted by atomic mass is 9.87. The number of hydrogen-bond donors (Lipinski definition) is 0. The molecule has 0 radical (unpaired) electrons. The van der Waals surface area contributed by atoms with Gasteiger partial charge in [-0.3, -0.25) is 4.79 Å². The van der Waals surface area contributed by atoms with Gasteiger partial charge in [0.15, 0.2) is 0 Å². The van der Waals surface area contributed by atoms with Crippen molar-refractivity contribution in [2.24, 2.45) is 17.8 Å². The van der Waals surface area contributed by atoms with Gasteiger partial charge in [-0.1, -0.05) is 12.5 Å². The minimum atomic E-state index is 0.252. The monoisotopic (exact) mass is 319 g/mol. The minimum absolute atomic E-state index is 0.252. The lowest BCUT2D eigenvalue weighted by Gasteiger charge is -2.31. The lowest BCUT2D eigenvalue weighted by Crippen LogP contribution is -2.41. The molecule has 2 aliphatic carbocycles. The maximum absolute atomic E-state index is 13.1. The summed E-state index contributed by atoms with van der Waals surface area (Å²) in [5.74, 6) is 2.18. The average molecular weight is 319 g/mol. The number of amides is 1.